The van der Waals surface area contributed by atoms with Crippen LogP contribution in [0, 0.1) is 17.8 Å². The summed E-state index contributed by atoms with van der Waals surface area (Å²) in [6, 6.07) is 0. The molecule has 234 valence electrons. The van der Waals surface area contributed by atoms with Crippen LogP contribution in [0.1, 0.15) is 137 Å². The van der Waals surface area contributed by atoms with E-state index >= 15 is 0 Å². The van der Waals surface area contributed by atoms with Crippen molar-refractivity contribution in [2.24, 2.45) is 17.8 Å². The lowest BCUT2D eigenvalue weighted by Crippen LogP contribution is -2.58. The van der Waals surface area contributed by atoms with Crippen LogP contribution < -0.4 is 0 Å². The van der Waals surface area contributed by atoms with Crippen molar-refractivity contribution < 1.29 is 34.2 Å². The molecule has 0 aromatic heterocycles. The Kier molecular flexibility index (Phi) is 22.7. The van der Waals surface area contributed by atoms with E-state index in [9.17, 15) is 29.7 Å². The summed E-state index contributed by atoms with van der Waals surface area (Å²) in [4.78, 5) is 35.9. The molecule has 0 aromatic rings. The van der Waals surface area contributed by atoms with E-state index in [0.717, 1.165) is 38.5 Å². The molecule has 0 spiro atoms. The van der Waals surface area contributed by atoms with Gasteiger partial charge in [0, 0.05) is 0 Å². The number of hydrogen-bond donors (Lipinski definition) is 3. The molecule has 0 aromatic carbocycles. The fourth-order valence-corrected chi connectivity index (χ4v) is 5.74. The Hall–Kier alpha value is -1.89. The molecule has 0 aliphatic heterocycles. The van der Waals surface area contributed by atoms with E-state index in [0.29, 0.717) is 25.8 Å². The summed E-state index contributed by atoms with van der Waals surface area (Å²) in [5.74, 6) is -4.54. The highest BCUT2D eigenvalue weighted by molar-refractivity contribution is 5.71. The molecule has 3 unspecified atom stereocenters. The van der Waals surface area contributed by atoms with Crippen LogP contribution in [0.15, 0.2) is 12.2 Å². The van der Waals surface area contributed by atoms with Crippen LogP contribution in [0.4, 0.5) is 0 Å². The van der Waals surface area contributed by atoms with E-state index in [4.69, 9.17) is 0 Å². The third-order valence-corrected chi connectivity index (χ3v) is 8.49. The Labute approximate surface area is 245 Å². The Morgan fingerprint density at radius 2 is 0.850 bits per heavy atom. The fraction of sp³-hybridized carbons (Fsp3) is 0.848. The maximum Gasteiger partial charge on any atom is 0.312 e. The molecule has 0 rings (SSSR count). The van der Waals surface area contributed by atoms with E-state index in [2.05, 4.69) is 19.1 Å². The second kappa shape index (κ2) is 23.8. The standard InChI is InChI=1S/C33H61NO6/c1-5-9-10-11-12-13-14-15-16-17-18-19-20-21-22-23-24-34(25-28(6-2)31(35)36,26-29(7-3)32(37)38)27-30(8-4)33(39)40/h16-17,28-30H,5-15,18-27H2,1-4H3,(H2-,35,36,37,38,39,40)/p+1/b17-16+. The van der Waals surface area contributed by atoms with Crippen molar-refractivity contribution in [1.82, 2.24) is 0 Å². The van der Waals surface area contributed by atoms with Crippen molar-refractivity contribution in [3.8, 4) is 0 Å². The van der Waals surface area contributed by atoms with Gasteiger partial charge in [-0.15, -0.1) is 0 Å². The first-order chi connectivity index (χ1) is 19.2. The fourth-order valence-electron chi connectivity index (χ4n) is 5.74. The summed E-state index contributed by atoms with van der Waals surface area (Å²) in [6.45, 7) is 9.21. The number of quaternary nitrogens is 1. The maximum absolute atomic E-state index is 12.0. The van der Waals surface area contributed by atoms with E-state index in [1.807, 2.05) is 20.8 Å². The van der Waals surface area contributed by atoms with Crippen molar-refractivity contribution in [3.05, 3.63) is 12.2 Å². The summed E-state index contributed by atoms with van der Waals surface area (Å²) >= 11 is 0. The number of carboxylic acids is 3. The molecule has 3 atom stereocenters. The number of unbranched alkanes of at least 4 members (excludes halogenated alkanes) is 12. The number of aliphatic carboxylic acids is 3. The van der Waals surface area contributed by atoms with Gasteiger partial charge in [-0.05, 0) is 57.8 Å². The van der Waals surface area contributed by atoms with E-state index in [-0.39, 0.29) is 24.1 Å². The van der Waals surface area contributed by atoms with Crippen molar-refractivity contribution in [2.45, 2.75) is 137 Å². The first kappa shape index (κ1) is 38.1. The topological polar surface area (TPSA) is 112 Å². The van der Waals surface area contributed by atoms with Gasteiger partial charge in [-0.1, -0.05) is 91.2 Å². The quantitative estimate of drug-likeness (QED) is 0.0498. The van der Waals surface area contributed by atoms with Gasteiger partial charge in [-0.2, -0.15) is 0 Å². The van der Waals surface area contributed by atoms with E-state index in [1.165, 1.54) is 51.4 Å². The van der Waals surface area contributed by atoms with Crippen LogP contribution in [0.25, 0.3) is 0 Å². The normalized spacial score (nSPS) is 15.5. The van der Waals surface area contributed by atoms with Gasteiger partial charge in [0.1, 0.15) is 17.8 Å². The smallest absolute Gasteiger partial charge is 0.312 e. The molecule has 0 saturated carbocycles. The van der Waals surface area contributed by atoms with Crippen LogP contribution in [-0.4, -0.2) is 63.9 Å². The van der Waals surface area contributed by atoms with Crippen LogP contribution >= 0.6 is 0 Å². The van der Waals surface area contributed by atoms with Gasteiger partial charge in [0.05, 0.1) is 26.2 Å². The Bertz CT molecular complexity index is 647. The van der Waals surface area contributed by atoms with Crippen molar-refractivity contribution >= 4 is 17.9 Å². The van der Waals surface area contributed by atoms with Crippen molar-refractivity contribution in [1.29, 1.82) is 0 Å². The molecular weight excluding hydrogens is 506 g/mol. The average Bonchev–Trinajstić information content (AvgIpc) is 2.92. The van der Waals surface area contributed by atoms with Crippen LogP contribution in [0.5, 0.6) is 0 Å². The highest BCUT2D eigenvalue weighted by Crippen LogP contribution is 2.25. The SMILES string of the molecule is CCCCCCCCC/C=C/CCCCCCC[N+](CC(CC)C(=O)O)(CC(CC)C(=O)O)CC(CC)C(=O)O. The van der Waals surface area contributed by atoms with Gasteiger partial charge >= 0.3 is 17.9 Å². The second-order valence-electron chi connectivity index (χ2n) is 11.9. The summed E-state index contributed by atoms with van der Waals surface area (Å²) in [5.41, 5.74) is 0. The Morgan fingerprint density at radius 3 is 1.18 bits per heavy atom. The minimum Gasteiger partial charge on any atom is -0.481 e. The predicted molar refractivity (Wildman–Crippen MR) is 163 cm³/mol. The molecule has 3 N–H and O–H groups in total. The molecule has 0 amide bonds. The second-order valence-corrected chi connectivity index (χ2v) is 11.9. The highest BCUT2D eigenvalue weighted by atomic mass is 16.4. The van der Waals surface area contributed by atoms with Crippen LogP contribution in [-0.2, 0) is 14.4 Å². The molecule has 0 saturated heterocycles. The predicted octanol–water partition coefficient (Wildman–Crippen LogP) is 8.17. The molecule has 0 bridgehead atoms. The van der Waals surface area contributed by atoms with E-state index < -0.39 is 35.7 Å². The van der Waals surface area contributed by atoms with Gasteiger partial charge in [0.25, 0.3) is 0 Å². The zero-order valence-corrected chi connectivity index (χ0v) is 26.2. The number of hydrogen-bond acceptors (Lipinski definition) is 3. The third-order valence-electron chi connectivity index (χ3n) is 8.49. The van der Waals surface area contributed by atoms with Crippen LogP contribution in [0.2, 0.25) is 0 Å². The van der Waals surface area contributed by atoms with E-state index in [1.54, 1.807) is 0 Å². The molecule has 0 aliphatic carbocycles. The third kappa shape index (κ3) is 17.7. The Morgan fingerprint density at radius 1 is 0.525 bits per heavy atom. The zero-order chi connectivity index (χ0) is 30.2. The minimum atomic E-state index is -0.892. The average molecular weight is 569 g/mol. The van der Waals surface area contributed by atoms with Crippen LogP contribution in [0.3, 0.4) is 0 Å². The summed E-state index contributed by atoms with van der Waals surface area (Å²) in [7, 11) is 0. The molecular formula is C33H62NO6+. The van der Waals surface area contributed by atoms with Gasteiger partial charge in [-0.25, -0.2) is 0 Å². The largest absolute Gasteiger partial charge is 0.481 e. The molecule has 0 fully saturated rings. The zero-order valence-electron chi connectivity index (χ0n) is 26.2. The van der Waals surface area contributed by atoms with Gasteiger partial charge in [0.2, 0.25) is 0 Å². The summed E-state index contributed by atoms with van der Waals surface area (Å²) < 4.78 is 0.252. The van der Waals surface area contributed by atoms with Crippen molar-refractivity contribution in [3.63, 3.8) is 0 Å². The first-order valence-electron chi connectivity index (χ1n) is 16.3. The first-order valence-corrected chi connectivity index (χ1v) is 16.3. The Balaban J connectivity index is 4.91. The van der Waals surface area contributed by atoms with Crippen molar-refractivity contribution in [2.75, 3.05) is 26.2 Å². The van der Waals surface area contributed by atoms with Gasteiger partial charge < -0.3 is 19.8 Å². The molecule has 0 aliphatic rings. The molecule has 0 heterocycles. The molecule has 7 heteroatoms. The van der Waals surface area contributed by atoms with Gasteiger partial charge in [-0.3, -0.25) is 14.4 Å². The lowest BCUT2D eigenvalue weighted by Gasteiger charge is -2.43. The molecule has 0 radical (unpaired) electrons. The monoisotopic (exact) mass is 568 g/mol. The number of nitrogens with zero attached hydrogens (tertiary/aromatic N) is 1. The number of carboxylic acid groups (broad SMARTS) is 3. The summed E-state index contributed by atoms with van der Waals surface area (Å²) in [5, 5.41) is 29.4. The molecule has 40 heavy (non-hydrogen) atoms. The number of rotatable bonds is 28. The highest BCUT2D eigenvalue weighted by Gasteiger charge is 2.40. The maximum atomic E-state index is 12.0. The summed E-state index contributed by atoms with van der Waals surface area (Å²) in [6.07, 6.45) is 22.8. The number of allylic oxidation sites excluding steroid dienone is 2. The molecule has 7 nitrogen and oxygen atoms in total. The lowest BCUT2D eigenvalue weighted by molar-refractivity contribution is -0.935. The minimum absolute atomic E-state index is 0.252. The lowest BCUT2D eigenvalue weighted by atomic mass is 9.95. The number of carbonyl (C=O) groups is 3. The van der Waals surface area contributed by atoms with Gasteiger partial charge in [0.15, 0.2) is 0 Å².